The summed E-state index contributed by atoms with van der Waals surface area (Å²) in [6.07, 6.45) is 1.00. The van der Waals surface area contributed by atoms with E-state index < -0.39 is 0 Å². The second-order valence-corrected chi connectivity index (χ2v) is 4.54. The number of hydrogen-bond acceptors (Lipinski definition) is 3. The van der Waals surface area contributed by atoms with Crippen LogP contribution in [0.3, 0.4) is 0 Å². The molecule has 1 aliphatic heterocycles. The maximum Gasteiger partial charge on any atom is 0.173 e. The van der Waals surface area contributed by atoms with Crippen LogP contribution in [0.4, 0.5) is 5.69 Å². The van der Waals surface area contributed by atoms with Crippen LogP contribution >= 0.6 is 12.2 Å². The van der Waals surface area contributed by atoms with E-state index in [1.165, 1.54) is 0 Å². The van der Waals surface area contributed by atoms with Crippen molar-refractivity contribution in [1.82, 2.24) is 4.90 Å². The monoisotopic (exact) mass is 251 g/mol. The highest BCUT2D eigenvalue weighted by Gasteiger charge is 2.20. The van der Waals surface area contributed by atoms with Crippen LogP contribution in [0.5, 0.6) is 5.75 Å². The second kappa shape index (κ2) is 5.33. The lowest BCUT2D eigenvalue weighted by Crippen LogP contribution is -2.34. The van der Waals surface area contributed by atoms with E-state index >= 15 is 0 Å². The first-order valence-corrected chi connectivity index (χ1v) is 6.05. The summed E-state index contributed by atoms with van der Waals surface area (Å²) in [7, 11) is 1.65. The molecule has 1 heterocycles. The summed E-state index contributed by atoms with van der Waals surface area (Å²) in [5.74, 6) is 0.838. The van der Waals surface area contributed by atoms with Gasteiger partial charge in [-0.3, -0.25) is 0 Å². The molecule has 0 amide bonds. The Morgan fingerprint density at radius 1 is 1.47 bits per heavy atom. The molecule has 17 heavy (non-hydrogen) atoms. The Bertz CT molecular complexity index is 393. The van der Waals surface area contributed by atoms with E-state index in [9.17, 15) is 0 Å². The zero-order valence-corrected chi connectivity index (χ0v) is 10.7. The fourth-order valence-electron chi connectivity index (χ4n) is 1.85. The summed E-state index contributed by atoms with van der Waals surface area (Å²) in [6, 6.07) is 7.94. The molecule has 3 N–H and O–H groups in total. The van der Waals surface area contributed by atoms with Crippen molar-refractivity contribution in [2.45, 2.75) is 12.5 Å². The summed E-state index contributed by atoms with van der Waals surface area (Å²) < 4.78 is 5.10. The zero-order valence-electron chi connectivity index (χ0n) is 9.85. The lowest BCUT2D eigenvalue weighted by molar-refractivity contribution is 0.415. The number of likely N-dealkylation sites (tertiary alicyclic amines) is 1. The highest BCUT2D eigenvalue weighted by molar-refractivity contribution is 7.80. The molecule has 0 spiro atoms. The predicted molar refractivity (Wildman–Crippen MR) is 73.4 cm³/mol. The van der Waals surface area contributed by atoms with Gasteiger partial charge in [-0.05, 0) is 42.9 Å². The first-order chi connectivity index (χ1) is 8.19. The summed E-state index contributed by atoms with van der Waals surface area (Å²) in [6.45, 7) is 1.77. The van der Waals surface area contributed by atoms with Gasteiger partial charge in [0.05, 0.1) is 7.11 Å². The Balaban J connectivity index is 1.93. The van der Waals surface area contributed by atoms with Crippen LogP contribution in [0.1, 0.15) is 6.42 Å². The van der Waals surface area contributed by atoms with Gasteiger partial charge in [0, 0.05) is 24.8 Å². The summed E-state index contributed by atoms with van der Waals surface area (Å²) in [4.78, 5) is 2.10. The molecule has 0 radical (unpaired) electrons. The maximum absolute atomic E-state index is 5.85. The number of hydrogen-bond donors (Lipinski definition) is 2. The number of rotatable bonds is 2. The molecule has 5 heteroatoms. The van der Waals surface area contributed by atoms with E-state index in [-0.39, 0.29) is 6.04 Å². The fourth-order valence-corrected chi connectivity index (χ4v) is 2.13. The standard InChI is InChI=1S/C12H17N3OS/c1-16-11-4-2-10(3-5-11)14-12(17)15-7-6-9(13)8-15/h2-5,9H,6-8,13H2,1H3,(H,14,17)/t9-/m1/s1. The smallest absolute Gasteiger partial charge is 0.173 e. The summed E-state index contributed by atoms with van der Waals surface area (Å²) in [5, 5.41) is 3.94. The topological polar surface area (TPSA) is 50.5 Å². The van der Waals surface area contributed by atoms with Crippen LogP contribution in [0.25, 0.3) is 0 Å². The largest absolute Gasteiger partial charge is 0.497 e. The van der Waals surface area contributed by atoms with Gasteiger partial charge in [0.1, 0.15) is 5.75 Å². The molecule has 1 atom stereocenters. The van der Waals surface area contributed by atoms with Crippen molar-refractivity contribution in [3.63, 3.8) is 0 Å². The van der Waals surface area contributed by atoms with Crippen LogP contribution in [-0.4, -0.2) is 36.3 Å². The van der Waals surface area contributed by atoms with E-state index in [0.29, 0.717) is 0 Å². The van der Waals surface area contributed by atoms with Gasteiger partial charge in [-0.25, -0.2) is 0 Å². The molecular formula is C12H17N3OS. The van der Waals surface area contributed by atoms with Crippen molar-refractivity contribution in [3.8, 4) is 5.75 Å². The third kappa shape index (κ3) is 3.08. The van der Waals surface area contributed by atoms with Gasteiger partial charge in [0.2, 0.25) is 0 Å². The Morgan fingerprint density at radius 3 is 2.71 bits per heavy atom. The molecule has 1 aromatic carbocycles. The summed E-state index contributed by atoms with van der Waals surface area (Å²) in [5.41, 5.74) is 6.82. The molecule has 0 unspecified atom stereocenters. The SMILES string of the molecule is COc1ccc(NC(=S)N2CC[C@@H](N)C2)cc1. The number of ether oxygens (including phenoxy) is 1. The highest BCUT2D eigenvalue weighted by Crippen LogP contribution is 2.16. The van der Waals surface area contributed by atoms with Crippen LogP contribution < -0.4 is 15.8 Å². The molecule has 0 aromatic heterocycles. The number of nitrogens with one attached hydrogen (secondary N) is 1. The second-order valence-electron chi connectivity index (χ2n) is 4.15. The van der Waals surface area contributed by atoms with Gasteiger partial charge < -0.3 is 20.7 Å². The van der Waals surface area contributed by atoms with E-state index in [4.69, 9.17) is 22.7 Å². The quantitative estimate of drug-likeness (QED) is 0.779. The van der Waals surface area contributed by atoms with Crippen LogP contribution in [0.2, 0.25) is 0 Å². The van der Waals surface area contributed by atoms with Gasteiger partial charge in [0.25, 0.3) is 0 Å². The van der Waals surface area contributed by atoms with Crippen molar-refractivity contribution in [2.75, 3.05) is 25.5 Å². The number of methoxy groups -OCH3 is 1. The molecular weight excluding hydrogens is 234 g/mol. The Kier molecular flexibility index (Phi) is 3.81. The van der Waals surface area contributed by atoms with Gasteiger partial charge in [0.15, 0.2) is 5.11 Å². The Labute approximate surface area is 107 Å². The third-order valence-corrected chi connectivity index (χ3v) is 3.21. The average molecular weight is 251 g/mol. The molecule has 1 aromatic rings. The van der Waals surface area contributed by atoms with Gasteiger partial charge in [-0.1, -0.05) is 0 Å². The molecule has 4 nitrogen and oxygen atoms in total. The average Bonchev–Trinajstić information content (AvgIpc) is 2.77. The van der Waals surface area contributed by atoms with Crippen LogP contribution in [0.15, 0.2) is 24.3 Å². The first-order valence-electron chi connectivity index (χ1n) is 5.64. The minimum absolute atomic E-state index is 0.241. The zero-order chi connectivity index (χ0) is 12.3. The molecule has 1 fully saturated rings. The lowest BCUT2D eigenvalue weighted by atomic mass is 10.3. The van der Waals surface area contributed by atoms with E-state index in [2.05, 4.69) is 10.2 Å². The van der Waals surface area contributed by atoms with E-state index in [0.717, 1.165) is 36.1 Å². The van der Waals surface area contributed by atoms with Crippen LogP contribution in [-0.2, 0) is 0 Å². The number of benzene rings is 1. The summed E-state index contributed by atoms with van der Waals surface area (Å²) >= 11 is 5.34. The number of nitrogens with zero attached hydrogens (tertiary/aromatic N) is 1. The number of anilines is 1. The Hall–Kier alpha value is -1.33. The minimum atomic E-state index is 0.241. The molecule has 0 saturated carbocycles. The van der Waals surface area contributed by atoms with Crippen molar-refractivity contribution in [2.24, 2.45) is 5.73 Å². The molecule has 0 bridgehead atoms. The molecule has 0 aliphatic carbocycles. The van der Waals surface area contributed by atoms with Gasteiger partial charge in [-0.15, -0.1) is 0 Å². The van der Waals surface area contributed by atoms with Crippen molar-refractivity contribution in [3.05, 3.63) is 24.3 Å². The fraction of sp³-hybridized carbons (Fsp3) is 0.417. The maximum atomic E-state index is 5.85. The van der Waals surface area contributed by atoms with Crippen LogP contribution in [0, 0.1) is 0 Å². The normalized spacial score (nSPS) is 19.2. The minimum Gasteiger partial charge on any atom is -0.497 e. The molecule has 2 rings (SSSR count). The highest BCUT2D eigenvalue weighted by atomic mass is 32.1. The number of thiocarbonyl (C=S) groups is 1. The van der Waals surface area contributed by atoms with Crippen molar-refractivity contribution < 1.29 is 4.74 Å². The third-order valence-electron chi connectivity index (χ3n) is 2.85. The van der Waals surface area contributed by atoms with E-state index in [1.807, 2.05) is 24.3 Å². The Morgan fingerprint density at radius 2 is 2.18 bits per heavy atom. The number of nitrogens with two attached hydrogens (primary N) is 1. The van der Waals surface area contributed by atoms with Gasteiger partial charge >= 0.3 is 0 Å². The van der Waals surface area contributed by atoms with Crippen molar-refractivity contribution in [1.29, 1.82) is 0 Å². The first kappa shape index (κ1) is 12.1. The molecule has 1 saturated heterocycles. The van der Waals surface area contributed by atoms with Gasteiger partial charge in [-0.2, -0.15) is 0 Å². The van der Waals surface area contributed by atoms with Crippen molar-refractivity contribution >= 4 is 23.0 Å². The molecule has 1 aliphatic rings. The van der Waals surface area contributed by atoms with E-state index in [1.54, 1.807) is 7.11 Å². The predicted octanol–water partition coefficient (Wildman–Crippen LogP) is 1.42. The lowest BCUT2D eigenvalue weighted by Gasteiger charge is -2.20. The molecule has 92 valence electrons.